The van der Waals surface area contributed by atoms with Gasteiger partial charge in [0.2, 0.25) is 11.0 Å². The highest BCUT2D eigenvalue weighted by Gasteiger charge is 2.25. The Morgan fingerprint density at radius 1 is 1.12 bits per heavy atom. The monoisotopic (exact) mass is 384 g/mol. The summed E-state index contributed by atoms with van der Waals surface area (Å²) in [5, 5.41) is 13.4. The average Bonchev–Trinajstić information content (AvgIpc) is 2.83. The molecule has 0 bridgehead atoms. The van der Waals surface area contributed by atoms with E-state index in [0.717, 1.165) is 29.0 Å². The molecule has 0 spiro atoms. The Bertz CT molecular complexity index is 920. The molecule has 1 aromatic heterocycles. The van der Waals surface area contributed by atoms with Gasteiger partial charge < -0.3 is 10.1 Å². The molecule has 0 saturated heterocycles. The first-order chi connectivity index (χ1) is 12.7. The van der Waals surface area contributed by atoms with Gasteiger partial charge in [0, 0.05) is 27.6 Å². The molecule has 26 heavy (non-hydrogen) atoms. The number of para-hydroxylation sites is 1. The largest absolute Gasteiger partial charge is 0.448 e. The van der Waals surface area contributed by atoms with E-state index >= 15 is 0 Å². The zero-order chi connectivity index (χ0) is 17.9. The number of aromatic nitrogens is 3. The molecule has 1 aliphatic heterocycles. The van der Waals surface area contributed by atoms with Crippen LogP contribution in [-0.4, -0.2) is 20.9 Å². The fraction of sp³-hybridized carbons (Fsp3) is 0.211. The number of fused-ring (bicyclic) bond motifs is 3. The lowest BCUT2D eigenvalue weighted by Crippen LogP contribution is -2.17. The van der Waals surface area contributed by atoms with E-state index in [9.17, 15) is 0 Å². The molecule has 1 aliphatic rings. The molecule has 2 heterocycles. The highest BCUT2D eigenvalue weighted by Crippen LogP contribution is 2.39. The van der Waals surface area contributed by atoms with Gasteiger partial charge in [-0.25, -0.2) is 0 Å². The maximum atomic E-state index is 6.20. The van der Waals surface area contributed by atoms with Crippen molar-refractivity contribution >= 4 is 29.1 Å². The van der Waals surface area contributed by atoms with E-state index < -0.39 is 6.23 Å². The van der Waals surface area contributed by atoms with Gasteiger partial charge in [0.15, 0.2) is 11.9 Å². The van der Waals surface area contributed by atoms with E-state index in [0.29, 0.717) is 21.8 Å². The van der Waals surface area contributed by atoms with E-state index in [4.69, 9.17) is 16.3 Å². The Labute approximate surface area is 161 Å². The van der Waals surface area contributed by atoms with Crippen molar-refractivity contribution in [3.63, 3.8) is 0 Å². The van der Waals surface area contributed by atoms with E-state index in [1.54, 1.807) is 11.8 Å². The molecule has 7 heteroatoms. The number of thioether (sulfide) groups is 1. The first-order valence-corrected chi connectivity index (χ1v) is 9.76. The summed E-state index contributed by atoms with van der Waals surface area (Å²) >= 11 is 7.60. The summed E-state index contributed by atoms with van der Waals surface area (Å²) in [6, 6.07) is 15.5. The van der Waals surface area contributed by atoms with Crippen LogP contribution in [0.1, 0.15) is 25.1 Å². The summed E-state index contributed by atoms with van der Waals surface area (Å²) in [4.78, 5) is 4.60. The highest BCUT2D eigenvalue weighted by atomic mass is 35.5. The first kappa shape index (κ1) is 17.1. The number of rotatable bonds is 4. The molecule has 3 aromatic rings. The van der Waals surface area contributed by atoms with E-state index in [1.807, 2.05) is 48.5 Å². The molecule has 0 saturated carbocycles. The summed E-state index contributed by atoms with van der Waals surface area (Å²) in [5.74, 6) is 1.42. The number of hydrogen-bond donors (Lipinski definition) is 1. The lowest BCUT2D eigenvalue weighted by atomic mass is 10.1. The molecule has 0 fully saturated rings. The molecule has 0 radical (unpaired) electrons. The van der Waals surface area contributed by atoms with Crippen LogP contribution in [0.4, 0.5) is 5.69 Å². The van der Waals surface area contributed by atoms with Gasteiger partial charge in [0.05, 0.1) is 0 Å². The zero-order valence-corrected chi connectivity index (χ0v) is 15.7. The number of hydrogen-bond acceptors (Lipinski definition) is 6. The van der Waals surface area contributed by atoms with Gasteiger partial charge in [-0.05, 0) is 24.6 Å². The predicted octanol–water partition coefficient (Wildman–Crippen LogP) is 5.20. The van der Waals surface area contributed by atoms with Crippen LogP contribution < -0.4 is 10.1 Å². The van der Waals surface area contributed by atoms with Crippen LogP contribution in [0.5, 0.6) is 5.88 Å². The van der Waals surface area contributed by atoms with Crippen LogP contribution >= 0.6 is 23.4 Å². The summed E-state index contributed by atoms with van der Waals surface area (Å²) < 4.78 is 6.20. The minimum absolute atomic E-state index is 0.393. The number of nitrogens with zero attached hydrogens (tertiary/aromatic N) is 3. The van der Waals surface area contributed by atoms with Crippen LogP contribution in [0, 0.1) is 0 Å². The van der Waals surface area contributed by atoms with Crippen LogP contribution in [0.2, 0.25) is 5.02 Å². The quantitative estimate of drug-likeness (QED) is 0.624. The molecule has 5 nitrogen and oxygen atoms in total. The van der Waals surface area contributed by atoms with Crippen molar-refractivity contribution in [2.75, 3.05) is 11.1 Å². The van der Waals surface area contributed by atoms with E-state index in [-0.39, 0.29) is 0 Å². The standard InChI is InChI=1S/C19H17ClN4OS/c1-2-11-26-19-22-18-16(23-24-19)14-5-3-4-6-15(14)21-17(25-18)12-7-9-13(20)10-8-12/h3-10,17,21H,2,11H2,1H3/t17-/m0/s1. The Morgan fingerprint density at radius 3 is 2.73 bits per heavy atom. The van der Waals surface area contributed by atoms with Crippen molar-refractivity contribution in [2.24, 2.45) is 0 Å². The van der Waals surface area contributed by atoms with Gasteiger partial charge in [-0.1, -0.05) is 60.6 Å². The molecule has 0 aliphatic carbocycles. The molecule has 0 amide bonds. The molecule has 1 N–H and O–H groups in total. The second-order valence-corrected chi connectivity index (χ2v) is 7.33. The molecule has 132 valence electrons. The first-order valence-electron chi connectivity index (χ1n) is 8.40. The summed E-state index contributed by atoms with van der Waals surface area (Å²) in [6.45, 7) is 2.12. The number of halogens is 1. The predicted molar refractivity (Wildman–Crippen MR) is 105 cm³/mol. The number of ether oxygens (including phenoxy) is 1. The van der Waals surface area contributed by atoms with Gasteiger partial charge in [0.25, 0.3) is 0 Å². The van der Waals surface area contributed by atoms with Crippen molar-refractivity contribution in [3.8, 4) is 17.1 Å². The molecular formula is C19H17ClN4OS. The molecule has 2 aromatic carbocycles. The van der Waals surface area contributed by atoms with Gasteiger partial charge >= 0.3 is 0 Å². The van der Waals surface area contributed by atoms with Gasteiger partial charge in [-0.2, -0.15) is 4.98 Å². The third-order valence-corrected chi connectivity index (χ3v) is 5.24. The normalized spacial score (nSPS) is 15.2. The SMILES string of the molecule is CCCSc1nnc2c(n1)O[C@@H](c1ccc(Cl)cc1)Nc1ccccc1-2. The molecule has 1 atom stereocenters. The smallest absolute Gasteiger partial charge is 0.247 e. The second-order valence-electron chi connectivity index (χ2n) is 5.84. The van der Waals surface area contributed by atoms with Crippen LogP contribution in [0.3, 0.4) is 0 Å². The number of anilines is 1. The zero-order valence-electron chi connectivity index (χ0n) is 14.1. The third-order valence-electron chi connectivity index (χ3n) is 3.94. The number of nitrogens with one attached hydrogen (secondary N) is 1. The Hall–Kier alpha value is -2.31. The van der Waals surface area contributed by atoms with Crippen LogP contribution in [0.15, 0.2) is 53.7 Å². The maximum absolute atomic E-state index is 6.20. The van der Waals surface area contributed by atoms with Crippen molar-refractivity contribution < 1.29 is 4.74 Å². The highest BCUT2D eigenvalue weighted by molar-refractivity contribution is 7.99. The summed E-state index contributed by atoms with van der Waals surface area (Å²) in [7, 11) is 0. The summed E-state index contributed by atoms with van der Waals surface area (Å²) in [5.41, 5.74) is 3.45. The maximum Gasteiger partial charge on any atom is 0.247 e. The Balaban J connectivity index is 1.78. The minimum atomic E-state index is -0.393. The van der Waals surface area contributed by atoms with Crippen LogP contribution in [0.25, 0.3) is 11.3 Å². The lowest BCUT2D eigenvalue weighted by molar-refractivity contribution is 0.225. The molecule has 4 rings (SSSR count). The van der Waals surface area contributed by atoms with Crippen molar-refractivity contribution in [2.45, 2.75) is 24.7 Å². The molecular weight excluding hydrogens is 368 g/mol. The molecule has 0 unspecified atom stereocenters. The minimum Gasteiger partial charge on any atom is -0.448 e. The van der Waals surface area contributed by atoms with E-state index in [1.165, 1.54) is 0 Å². The third kappa shape index (κ3) is 3.48. The van der Waals surface area contributed by atoms with Gasteiger partial charge in [-0.15, -0.1) is 10.2 Å². The van der Waals surface area contributed by atoms with E-state index in [2.05, 4.69) is 27.4 Å². The topological polar surface area (TPSA) is 59.9 Å². The van der Waals surface area contributed by atoms with Crippen molar-refractivity contribution in [3.05, 3.63) is 59.1 Å². The second kappa shape index (κ2) is 7.51. The van der Waals surface area contributed by atoms with Crippen molar-refractivity contribution in [1.29, 1.82) is 0 Å². The van der Waals surface area contributed by atoms with Gasteiger partial charge in [-0.3, -0.25) is 0 Å². The Morgan fingerprint density at radius 2 is 1.92 bits per heavy atom. The Kier molecular flexibility index (Phi) is 4.95. The lowest BCUT2D eigenvalue weighted by Gasteiger charge is -2.19. The van der Waals surface area contributed by atoms with Crippen LogP contribution in [-0.2, 0) is 0 Å². The number of benzene rings is 2. The fourth-order valence-electron chi connectivity index (χ4n) is 2.69. The van der Waals surface area contributed by atoms with Crippen molar-refractivity contribution in [1.82, 2.24) is 15.2 Å². The van der Waals surface area contributed by atoms with Gasteiger partial charge in [0.1, 0.15) is 0 Å². The summed E-state index contributed by atoms with van der Waals surface area (Å²) in [6.07, 6.45) is 0.652. The fourth-order valence-corrected chi connectivity index (χ4v) is 3.45. The average molecular weight is 385 g/mol.